The summed E-state index contributed by atoms with van der Waals surface area (Å²) in [7, 11) is 4.25. The predicted octanol–water partition coefficient (Wildman–Crippen LogP) is 2.34. The van der Waals surface area contributed by atoms with Crippen LogP contribution in [0.4, 0.5) is 0 Å². The third-order valence-electron chi connectivity index (χ3n) is 4.01. The van der Waals surface area contributed by atoms with Crippen molar-refractivity contribution >= 4 is 0 Å². The van der Waals surface area contributed by atoms with Gasteiger partial charge in [0.1, 0.15) is 0 Å². The molecular weight excluding hydrogens is 224 g/mol. The standard InChI is InChI=1S/C15H32N2O/c1-4-11-17(13-12-16(2)3)14-9-7-5-6-8-10-15(14)18/h14-15,18H,4-13H2,1-3H3. The lowest BCUT2D eigenvalue weighted by molar-refractivity contribution is 0.0283. The lowest BCUT2D eigenvalue weighted by atomic mass is 9.93. The van der Waals surface area contributed by atoms with E-state index in [0.29, 0.717) is 6.04 Å². The summed E-state index contributed by atoms with van der Waals surface area (Å²) in [6.07, 6.45) is 8.36. The lowest BCUT2D eigenvalue weighted by Crippen LogP contribution is -2.47. The Morgan fingerprint density at radius 3 is 2.22 bits per heavy atom. The van der Waals surface area contributed by atoms with Gasteiger partial charge in [0.05, 0.1) is 6.10 Å². The fourth-order valence-corrected chi connectivity index (χ4v) is 2.93. The van der Waals surface area contributed by atoms with Crippen LogP contribution in [-0.2, 0) is 0 Å². The molecule has 1 aliphatic rings. The van der Waals surface area contributed by atoms with E-state index >= 15 is 0 Å². The molecule has 0 amide bonds. The summed E-state index contributed by atoms with van der Waals surface area (Å²) >= 11 is 0. The van der Waals surface area contributed by atoms with Crippen LogP contribution < -0.4 is 0 Å². The molecule has 0 saturated heterocycles. The van der Waals surface area contributed by atoms with E-state index < -0.39 is 0 Å². The van der Waals surface area contributed by atoms with Crippen LogP contribution in [-0.4, -0.2) is 60.8 Å². The first kappa shape index (κ1) is 15.9. The number of likely N-dealkylation sites (N-methyl/N-ethyl adjacent to an activating group) is 1. The van der Waals surface area contributed by atoms with Crippen LogP contribution in [0.25, 0.3) is 0 Å². The fraction of sp³-hybridized carbons (Fsp3) is 1.00. The number of rotatable bonds is 6. The minimum atomic E-state index is -0.112. The summed E-state index contributed by atoms with van der Waals surface area (Å²) in [5, 5.41) is 10.4. The minimum Gasteiger partial charge on any atom is -0.391 e. The number of hydrogen-bond acceptors (Lipinski definition) is 3. The van der Waals surface area contributed by atoms with E-state index in [4.69, 9.17) is 0 Å². The molecule has 0 aromatic heterocycles. The molecule has 2 atom stereocenters. The molecule has 1 aliphatic carbocycles. The van der Waals surface area contributed by atoms with Gasteiger partial charge in [0.15, 0.2) is 0 Å². The van der Waals surface area contributed by atoms with Crippen LogP contribution in [0.15, 0.2) is 0 Å². The second kappa shape index (κ2) is 8.89. The Morgan fingerprint density at radius 1 is 0.944 bits per heavy atom. The molecular formula is C15H32N2O. The lowest BCUT2D eigenvalue weighted by Gasteiger charge is -2.36. The van der Waals surface area contributed by atoms with Crippen molar-refractivity contribution in [1.29, 1.82) is 0 Å². The van der Waals surface area contributed by atoms with Crippen molar-refractivity contribution in [3.05, 3.63) is 0 Å². The number of hydrogen-bond donors (Lipinski definition) is 1. The van der Waals surface area contributed by atoms with Crippen molar-refractivity contribution < 1.29 is 5.11 Å². The molecule has 1 N–H and O–H groups in total. The van der Waals surface area contributed by atoms with Crippen LogP contribution in [0.5, 0.6) is 0 Å². The monoisotopic (exact) mass is 256 g/mol. The van der Waals surface area contributed by atoms with Crippen LogP contribution in [0.2, 0.25) is 0 Å². The van der Waals surface area contributed by atoms with Gasteiger partial charge in [-0.2, -0.15) is 0 Å². The average molecular weight is 256 g/mol. The Hall–Kier alpha value is -0.120. The van der Waals surface area contributed by atoms with E-state index in [2.05, 4.69) is 30.8 Å². The van der Waals surface area contributed by atoms with Gasteiger partial charge in [-0.25, -0.2) is 0 Å². The van der Waals surface area contributed by atoms with Crippen molar-refractivity contribution in [2.45, 2.75) is 64.0 Å². The normalized spacial score (nSPS) is 26.3. The zero-order valence-electron chi connectivity index (χ0n) is 12.6. The van der Waals surface area contributed by atoms with Gasteiger partial charge in [-0.1, -0.05) is 32.6 Å². The van der Waals surface area contributed by atoms with E-state index in [0.717, 1.165) is 26.1 Å². The summed E-state index contributed by atoms with van der Waals surface area (Å²) in [5.74, 6) is 0. The third kappa shape index (κ3) is 5.68. The first-order valence-corrected chi connectivity index (χ1v) is 7.72. The Balaban J connectivity index is 2.55. The summed E-state index contributed by atoms with van der Waals surface area (Å²) in [6.45, 7) is 5.53. The second-order valence-corrected chi connectivity index (χ2v) is 5.97. The molecule has 1 fully saturated rings. The van der Waals surface area contributed by atoms with Crippen LogP contribution in [0.3, 0.4) is 0 Å². The molecule has 108 valence electrons. The van der Waals surface area contributed by atoms with E-state index in [1.165, 1.54) is 38.5 Å². The first-order chi connectivity index (χ1) is 8.65. The average Bonchev–Trinajstić information content (AvgIpc) is 2.30. The minimum absolute atomic E-state index is 0.112. The molecule has 2 unspecified atom stereocenters. The van der Waals surface area contributed by atoms with E-state index in [-0.39, 0.29) is 6.10 Å². The first-order valence-electron chi connectivity index (χ1n) is 7.72. The van der Waals surface area contributed by atoms with Crippen molar-refractivity contribution in [3.63, 3.8) is 0 Å². The second-order valence-electron chi connectivity index (χ2n) is 5.97. The molecule has 0 spiro atoms. The topological polar surface area (TPSA) is 26.7 Å². The largest absolute Gasteiger partial charge is 0.391 e. The third-order valence-corrected chi connectivity index (χ3v) is 4.01. The Morgan fingerprint density at radius 2 is 1.61 bits per heavy atom. The number of aliphatic hydroxyl groups excluding tert-OH is 1. The van der Waals surface area contributed by atoms with E-state index in [1.54, 1.807) is 0 Å². The predicted molar refractivity (Wildman–Crippen MR) is 77.9 cm³/mol. The maximum atomic E-state index is 10.4. The van der Waals surface area contributed by atoms with E-state index in [9.17, 15) is 5.11 Å². The Kier molecular flexibility index (Phi) is 7.87. The molecule has 0 radical (unpaired) electrons. The molecule has 0 aromatic carbocycles. The van der Waals surface area contributed by atoms with Gasteiger partial charge in [0, 0.05) is 19.1 Å². The SMILES string of the molecule is CCCN(CCN(C)C)C1CCCCCCC1O. The Bertz CT molecular complexity index is 209. The molecule has 1 saturated carbocycles. The van der Waals surface area contributed by atoms with Crippen molar-refractivity contribution in [2.75, 3.05) is 33.7 Å². The molecule has 1 rings (SSSR count). The molecule has 18 heavy (non-hydrogen) atoms. The summed E-state index contributed by atoms with van der Waals surface area (Å²) in [5.41, 5.74) is 0. The van der Waals surface area contributed by atoms with Gasteiger partial charge < -0.3 is 10.0 Å². The van der Waals surface area contributed by atoms with Gasteiger partial charge in [-0.15, -0.1) is 0 Å². The zero-order chi connectivity index (χ0) is 13.4. The maximum Gasteiger partial charge on any atom is 0.0695 e. The molecule has 0 heterocycles. The van der Waals surface area contributed by atoms with Crippen LogP contribution >= 0.6 is 0 Å². The molecule has 3 nitrogen and oxygen atoms in total. The van der Waals surface area contributed by atoms with E-state index in [1.807, 2.05) is 0 Å². The van der Waals surface area contributed by atoms with Gasteiger partial charge in [-0.3, -0.25) is 4.90 Å². The van der Waals surface area contributed by atoms with Gasteiger partial charge in [0.25, 0.3) is 0 Å². The Labute approximate surface area is 113 Å². The van der Waals surface area contributed by atoms with Crippen molar-refractivity contribution in [2.24, 2.45) is 0 Å². The van der Waals surface area contributed by atoms with Crippen molar-refractivity contribution in [3.8, 4) is 0 Å². The maximum absolute atomic E-state index is 10.4. The van der Waals surface area contributed by atoms with Crippen LogP contribution in [0, 0.1) is 0 Å². The zero-order valence-corrected chi connectivity index (χ0v) is 12.6. The summed E-state index contributed by atoms with van der Waals surface area (Å²) < 4.78 is 0. The van der Waals surface area contributed by atoms with Crippen LogP contribution in [0.1, 0.15) is 51.9 Å². The molecule has 3 heteroatoms. The van der Waals surface area contributed by atoms with Gasteiger partial charge in [0.2, 0.25) is 0 Å². The number of nitrogens with zero attached hydrogens (tertiary/aromatic N) is 2. The molecule has 0 bridgehead atoms. The molecule has 0 aliphatic heterocycles. The fourth-order valence-electron chi connectivity index (χ4n) is 2.93. The molecule has 0 aromatic rings. The van der Waals surface area contributed by atoms with Crippen molar-refractivity contribution in [1.82, 2.24) is 9.80 Å². The quantitative estimate of drug-likeness (QED) is 0.790. The smallest absolute Gasteiger partial charge is 0.0695 e. The number of aliphatic hydroxyl groups is 1. The highest BCUT2D eigenvalue weighted by Crippen LogP contribution is 2.22. The summed E-state index contributed by atoms with van der Waals surface area (Å²) in [4.78, 5) is 4.76. The highest BCUT2D eigenvalue weighted by atomic mass is 16.3. The van der Waals surface area contributed by atoms with Gasteiger partial charge in [-0.05, 0) is 39.9 Å². The summed E-state index contributed by atoms with van der Waals surface area (Å²) in [6, 6.07) is 0.394. The highest BCUT2D eigenvalue weighted by molar-refractivity contribution is 4.81. The highest BCUT2D eigenvalue weighted by Gasteiger charge is 2.25. The van der Waals surface area contributed by atoms with Gasteiger partial charge >= 0.3 is 0 Å².